The highest BCUT2D eigenvalue weighted by molar-refractivity contribution is 5.47. The molecule has 116 valence electrons. The smallest absolute Gasteiger partial charge is 0.0721 e. The first kappa shape index (κ1) is 16.5. The number of rotatable bonds is 6. The Balaban J connectivity index is 1.88. The van der Waals surface area contributed by atoms with E-state index >= 15 is 0 Å². The zero-order valence-corrected chi connectivity index (χ0v) is 13.9. The molecular weight excluding hydrogens is 268 g/mol. The van der Waals surface area contributed by atoms with Gasteiger partial charge in [-0.3, -0.25) is 0 Å². The van der Waals surface area contributed by atoms with Gasteiger partial charge in [-0.25, -0.2) is 0 Å². The van der Waals surface area contributed by atoms with E-state index in [0.717, 1.165) is 12.0 Å². The van der Waals surface area contributed by atoms with Crippen LogP contribution in [0, 0.1) is 5.41 Å². The van der Waals surface area contributed by atoms with Crippen LogP contribution in [0.3, 0.4) is 0 Å². The summed E-state index contributed by atoms with van der Waals surface area (Å²) in [6.45, 7) is 11.9. The van der Waals surface area contributed by atoms with E-state index in [4.69, 9.17) is 4.74 Å². The van der Waals surface area contributed by atoms with Crippen molar-refractivity contribution in [3.63, 3.8) is 0 Å². The Kier molecular flexibility index (Phi) is 5.57. The second kappa shape index (κ2) is 7.42. The Morgan fingerprint density at radius 3 is 2.18 bits per heavy atom. The van der Waals surface area contributed by atoms with Crippen molar-refractivity contribution in [2.45, 2.75) is 40.4 Å². The number of hydrogen-bond acceptors (Lipinski definition) is 1. The van der Waals surface area contributed by atoms with Crippen molar-refractivity contribution in [3.05, 3.63) is 77.4 Å². The van der Waals surface area contributed by atoms with Gasteiger partial charge in [-0.2, -0.15) is 0 Å². The van der Waals surface area contributed by atoms with E-state index in [1.165, 1.54) is 16.7 Å². The monoisotopic (exact) mass is 294 g/mol. The highest BCUT2D eigenvalue weighted by Gasteiger charge is 2.11. The van der Waals surface area contributed by atoms with Crippen LogP contribution in [0.5, 0.6) is 0 Å². The predicted octanol–water partition coefficient (Wildman–Crippen LogP) is 5.64. The maximum atomic E-state index is 5.84. The molecule has 0 aliphatic heterocycles. The van der Waals surface area contributed by atoms with E-state index in [0.29, 0.717) is 18.6 Å². The molecule has 0 aliphatic rings. The summed E-state index contributed by atoms with van der Waals surface area (Å²) in [4.78, 5) is 0. The predicted molar refractivity (Wildman–Crippen MR) is 94.6 cm³/mol. The molecule has 0 heterocycles. The summed E-state index contributed by atoms with van der Waals surface area (Å²) in [5, 5.41) is 0. The molecule has 0 atom stereocenters. The SMILES string of the molecule is C=Cc1ccc(COCc2cccc(CC(C)(C)C)c2)cc1. The van der Waals surface area contributed by atoms with Crippen molar-refractivity contribution in [3.8, 4) is 0 Å². The van der Waals surface area contributed by atoms with Gasteiger partial charge in [-0.1, -0.05) is 82.0 Å². The van der Waals surface area contributed by atoms with Crippen molar-refractivity contribution < 1.29 is 4.74 Å². The van der Waals surface area contributed by atoms with Crippen molar-refractivity contribution in [1.82, 2.24) is 0 Å². The van der Waals surface area contributed by atoms with Crippen molar-refractivity contribution in [1.29, 1.82) is 0 Å². The second-order valence-corrected chi connectivity index (χ2v) is 7.00. The number of ether oxygens (including phenoxy) is 1. The summed E-state index contributed by atoms with van der Waals surface area (Å²) in [5.41, 5.74) is 5.26. The minimum Gasteiger partial charge on any atom is -0.372 e. The molecule has 0 saturated carbocycles. The molecule has 22 heavy (non-hydrogen) atoms. The van der Waals surface area contributed by atoms with Crippen LogP contribution in [0.4, 0.5) is 0 Å². The summed E-state index contributed by atoms with van der Waals surface area (Å²) >= 11 is 0. The maximum absolute atomic E-state index is 5.84. The molecule has 0 bridgehead atoms. The standard InChI is InChI=1S/C21H26O/c1-5-17-9-11-18(12-10-17)15-22-16-20-8-6-7-19(13-20)14-21(2,3)4/h5-13H,1,14-16H2,2-4H3. The highest BCUT2D eigenvalue weighted by Crippen LogP contribution is 2.21. The van der Waals surface area contributed by atoms with Crippen LogP contribution in [0.25, 0.3) is 6.08 Å². The van der Waals surface area contributed by atoms with Crippen LogP contribution in [-0.2, 0) is 24.4 Å². The molecule has 1 heteroatoms. The zero-order chi connectivity index (χ0) is 16.0. The first-order valence-corrected chi connectivity index (χ1v) is 7.83. The summed E-state index contributed by atoms with van der Waals surface area (Å²) in [5.74, 6) is 0. The summed E-state index contributed by atoms with van der Waals surface area (Å²) in [6, 6.07) is 17.0. The minimum absolute atomic E-state index is 0.312. The summed E-state index contributed by atoms with van der Waals surface area (Å²) in [7, 11) is 0. The van der Waals surface area contributed by atoms with Crippen molar-refractivity contribution in [2.24, 2.45) is 5.41 Å². The van der Waals surface area contributed by atoms with Crippen molar-refractivity contribution in [2.75, 3.05) is 0 Å². The average Bonchev–Trinajstić information content (AvgIpc) is 2.47. The Hall–Kier alpha value is -1.86. The van der Waals surface area contributed by atoms with Gasteiger partial charge in [0.25, 0.3) is 0 Å². The van der Waals surface area contributed by atoms with E-state index < -0.39 is 0 Å². The molecule has 0 saturated heterocycles. The van der Waals surface area contributed by atoms with E-state index in [9.17, 15) is 0 Å². The lowest BCUT2D eigenvalue weighted by Gasteiger charge is -2.18. The molecule has 0 N–H and O–H groups in total. The van der Waals surface area contributed by atoms with Crippen LogP contribution in [-0.4, -0.2) is 0 Å². The molecule has 0 radical (unpaired) electrons. The van der Waals surface area contributed by atoms with Crippen molar-refractivity contribution >= 4 is 6.08 Å². The molecule has 0 spiro atoms. The van der Waals surface area contributed by atoms with Crippen LogP contribution in [0.15, 0.2) is 55.1 Å². The van der Waals surface area contributed by atoms with Crippen LogP contribution < -0.4 is 0 Å². The number of benzene rings is 2. The largest absolute Gasteiger partial charge is 0.372 e. The zero-order valence-electron chi connectivity index (χ0n) is 13.9. The van der Waals surface area contributed by atoms with Gasteiger partial charge in [-0.05, 0) is 34.1 Å². The van der Waals surface area contributed by atoms with E-state index in [1.807, 2.05) is 6.08 Å². The van der Waals surface area contributed by atoms with Crippen LogP contribution in [0.2, 0.25) is 0 Å². The molecular formula is C21H26O. The lowest BCUT2D eigenvalue weighted by atomic mass is 9.88. The fourth-order valence-corrected chi connectivity index (χ4v) is 2.48. The fourth-order valence-electron chi connectivity index (χ4n) is 2.48. The lowest BCUT2D eigenvalue weighted by Crippen LogP contribution is -2.09. The Morgan fingerprint density at radius 1 is 0.909 bits per heavy atom. The second-order valence-electron chi connectivity index (χ2n) is 7.00. The third kappa shape index (κ3) is 5.50. The quantitative estimate of drug-likeness (QED) is 0.670. The topological polar surface area (TPSA) is 9.23 Å². The number of hydrogen-bond donors (Lipinski definition) is 0. The van der Waals surface area contributed by atoms with Gasteiger partial charge in [0.15, 0.2) is 0 Å². The highest BCUT2D eigenvalue weighted by atomic mass is 16.5. The van der Waals surface area contributed by atoms with Gasteiger partial charge in [0, 0.05) is 0 Å². The van der Waals surface area contributed by atoms with E-state index in [2.05, 4.69) is 75.9 Å². The summed E-state index contributed by atoms with van der Waals surface area (Å²) < 4.78 is 5.84. The Labute approximate surface area is 134 Å². The van der Waals surface area contributed by atoms with Gasteiger partial charge in [-0.15, -0.1) is 0 Å². The molecule has 0 fully saturated rings. The fraction of sp³-hybridized carbons (Fsp3) is 0.333. The average molecular weight is 294 g/mol. The lowest BCUT2D eigenvalue weighted by molar-refractivity contribution is 0.107. The van der Waals surface area contributed by atoms with Gasteiger partial charge in [0.1, 0.15) is 0 Å². The minimum atomic E-state index is 0.312. The first-order chi connectivity index (χ1) is 10.5. The maximum Gasteiger partial charge on any atom is 0.0721 e. The van der Waals surface area contributed by atoms with Gasteiger partial charge >= 0.3 is 0 Å². The Bertz CT molecular complexity index is 603. The van der Waals surface area contributed by atoms with Gasteiger partial charge in [0.2, 0.25) is 0 Å². The van der Waals surface area contributed by atoms with Gasteiger partial charge < -0.3 is 4.74 Å². The molecule has 2 aromatic carbocycles. The Morgan fingerprint density at radius 2 is 1.55 bits per heavy atom. The van der Waals surface area contributed by atoms with Crippen LogP contribution >= 0.6 is 0 Å². The normalized spacial score (nSPS) is 11.4. The summed E-state index contributed by atoms with van der Waals surface area (Å²) in [6.07, 6.45) is 2.94. The molecule has 1 nitrogen and oxygen atoms in total. The molecule has 2 aromatic rings. The van der Waals surface area contributed by atoms with E-state index in [-0.39, 0.29) is 0 Å². The molecule has 0 aliphatic carbocycles. The molecule has 0 amide bonds. The third-order valence-electron chi connectivity index (χ3n) is 3.48. The molecule has 2 rings (SSSR count). The third-order valence-corrected chi connectivity index (χ3v) is 3.48. The molecule has 0 aromatic heterocycles. The van der Waals surface area contributed by atoms with E-state index in [1.54, 1.807) is 0 Å². The first-order valence-electron chi connectivity index (χ1n) is 7.83. The van der Waals surface area contributed by atoms with Crippen LogP contribution in [0.1, 0.15) is 43.0 Å². The molecule has 0 unspecified atom stereocenters. The van der Waals surface area contributed by atoms with Gasteiger partial charge in [0.05, 0.1) is 13.2 Å².